The summed E-state index contributed by atoms with van der Waals surface area (Å²) in [6.45, 7) is 3.53. The number of nitrogens with zero attached hydrogens (tertiary/aromatic N) is 3. The molecule has 0 amide bonds. The Labute approximate surface area is 217 Å². The lowest BCUT2D eigenvalue weighted by Crippen LogP contribution is -2.39. The van der Waals surface area contributed by atoms with Crippen LogP contribution in [0, 0.1) is 12.8 Å². The molecular formula is C26H28N4O6S. The zero-order valence-electron chi connectivity index (χ0n) is 20.8. The molecule has 0 saturated carbocycles. The van der Waals surface area contributed by atoms with Crippen molar-refractivity contribution in [2.75, 3.05) is 19.5 Å². The van der Waals surface area contributed by atoms with Crippen LogP contribution in [-0.2, 0) is 4.79 Å². The number of anilines is 1. The maximum atomic E-state index is 11.4. The van der Waals surface area contributed by atoms with Gasteiger partial charge in [-0.1, -0.05) is 19.1 Å². The van der Waals surface area contributed by atoms with Gasteiger partial charge < -0.3 is 34.5 Å². The Bertz CT molecular complexity index is 1340. The molecule has 194 valence electrons. The molecule has 3 unspecified atom stereocenters. The summed E-state index contributed by atoms with van der Waals surface area (Å²) >= 11 is 1.44. The predicted molar refractivity (Wildman–Crippen MR) is 140 cm³/mol. The molecule has 0 aliphatic heterocycles. The number of hydrogen-bond acceptors (Lipinski definition) is 11. The van der Waals surface area contributed by atoms with Gasteiger partial charge >= 0.3 is 6.01 Å². The van der Waals surface area contributed by atoms with E-state index in [1.54, 1.807) is 32.0 Å². The fourth-order valence-electron chi connectivity index (χ4n) is 3.76. The van der Waals surface area contributed by atoms with Crippen LogP contribution in [0.1, 0.15) is 19.0 Å². The first kappa shape index (κ1) is 26.3. The summed E-state index contributed by atoms with van der Waals surface area (Å²) in [7, 11) is 3.06. The van der Waals surface area contributed by atoms with E-state index in [1.165, 1.54) is 25.6 Å². The maximum absolute atomic E-state index is 11.4. The van der Waals surface area contributed by atoms with Crippen LogP contribution in [0.5, 0.6) is 23.3 Å². The van der Waals surface area contributed by atoms with Crippen molar-refractivity contribution in [3.8, 4) is 33.8 Å². The van der Waals surface area contributed by atoms with Crippen molar-refractivity contribution >= 4 is 33.7 Å². The summed E-state index contributed by atoms with van der Waals surface area (Å²) < 4.78 is 17.5. The van der Waals surface area contributed by atoms with Crippen LogP contribution in [0.15, 0.2) is 42.5 Å². The third-order valence-electron chi connectivity index (χ3n) is 5.80. The molecule has 4 aromatic rings. The van der Waals surface area contributed by atoms with Crippen molar-refractivity contribution in [1.29, 1.82) is 0 Å². The first-order valence-electron chi connectivity index (χ1n) is 11.6. The third kappa shape index (κ3) is 5.79. The van der Waals surface area contributed by atoms with Gasteiger partial charge in [-0.25, -0.2) is 4.98 Å². The van der Waals surface area contributed by atoms with Gasteiger partial charge in [-0.2, -0.15) is 9.97 Å². The van der Waals surface area contributed by atoms with E-state index in [-0.39, 0.29) is 11.8 Å². The van der Waals surface area contributed by atoms with Crippen molar-refractivity contribution < 1.29 is 29.2 Å². The minimum atomic E-state index is -1.48. The molecular weight excluding hydrogens is 496 g/mol. The van der Waals surface area contributed by atoms with Crippen molar-refractivity contribution in [2.24, 2.45) is 5.92 Å². The number of rotatable bonds is 11. The van der Waals surface area contributed by atoms with E-state index < -0.39 is 18.2 Å². The molecule has 0 fully saturated rings. The number of benzene rings is 2. The number of hydrogen-bond donors (Lipinski definition) is 3. The molecule has 3 N–H and O–H groups in total. The van der Waals surface area contributed by atoms with Crippen LogP contribution in [-0.4, -0.2) is 58.0 Å². The Hall–Kier alpha value is -3.80. The molecule has 0 spiro atoms. The van der Waals surface area contributed by atoms with E-state index >= 15 is 0 Å². The molecule has 11 heteroatoms. The number of carbonyl (C=O) groups is 1. The molecule has 37 heavy (non-hydrogen) atoms. The molecule has 3 atom stereocenters. The summed E-state index contributed by atoms with van der Waals surface area (Å²) in [5, 5.41) is 24.8. The number of nitrogens with one attached hydrogen (secondary N) is 1. The van der Waals surface area contributed by atoms with Gasteiger partial charge in [0, 0.05) is 24.1 Å². The number of para-hydroxylation sites is 1. The highest BCUT2D eigenvalue weighted by molar-refractivity contribution is 7.21. The fraction of sp³-hybridized carbons (Fsp3) is 0.308. The van der Waals surface area contributed by atoms with E-state index in [0.29, 0.717) is 46.2 Å². The zero-order chi connectivity index (χ0) is 26.5. The summed E-state index contributed by atoms with van der Waals surface area (Å²) in [4.78, 5) is 25.1. The number of methoxy groups -OCH3 is 2. The summed E-state index contributed by atoms with van der Waals surface area (Å²) in [6, 6.07) is 12.7. The Kier molecular flexibility index (Phi) is 8.17. The quantitative estimate of drug-likeness (QED) is 0.194. The van der Waals surface area contributed by atoms with E-state index in [1.807, 2.05) is 24.3 Å². The second-order valence-corrected chi connectivity index (χ2v) is 9.27. The first-order chi connectivity index (χ1) is 17.9. The average Bonchev–Trinajstić information content (AvgIpc) is 3.32. The first-order valence-corrected chi connectivity index (χ1v) is 12.4. The highest BCUT2D eigenvalue weighted by Gasteiger charge is 2.27. The third-order valence-corrected chi connectivity index (χ3v) is 6.86. The second-order valence-electron chi connectivity index (χ2n) is 8.24. The Morgan fingerprint density at radius 2 is 1.70 bits per heavy atom. The molecule has 0 bridgehead atoms. The summed E-state index contributed by atoms with van der Waals surface area (Å²) in [6.07, 6.45) is -1.85. The number of aromatic nitrogens is 3. The molecule has 2 aromatic heterocycles. The van der Waals surface area contributed by atoms with Gasteiger partial charge in [0.2, 0.25) is 0 Å². The fourth-order valence-corrected chi connectivity index (χ4v) is 4.82. The number of carbonyl (C=O) groups excluding carboxylic acids is 1. The molecule has 0 aliphatic carbocycles. The van der Waals surface area contributed by atoms with Crippen LogP contribution >= 0.6 is 11.3 Å². The largest absolute Gasteiger partial charge is 0.496 e. The number of fused-ring (bicyclic) bond motifs is 1. The van der Waals surface area contributed by atoms with E-state index in [0.717, 1.165) is 10.2 Å². The number of aliphatic hydroxyl groups is 2. The SMILES string of the molecule is CCC(C=O)C(O)C(O)Nc1nc(Oc2cc(OC)cc(OC)c2)nc(C)c1-c1nc2ccccc2s1. The minimum Gasteiger partial charge on any atom is -0.496 e. The Morgan fingerprint density at radius 1 is 1.03 bits per heavy atom. The topological polar surface area (TPSA) is 136 Å². The number of ether oxygens (including phenoxy) is 3. The van der Waals surface area contributed by atoms with Crippen molar-refractivity contribution in [1.82, 2.24) is 15.0 Å². The summed E-state index contributed by atoms with van der Waals surface area (Å²) in [5.74, 6) is 0.865. The van der Waals surface area contributed by atoms with Crippen LogP contribution in [0.3, 0.4) is 0 Å². The lowest BCUT2D eigenvalue weighted by molar-refractivity contribution is -0.117. The number of thiazole rings is 1. The van der Waals surface area contributed by atoms with Crippen LogP contribution in [0.25, 0.3) is 20.8 Å². The van der Waals surface area contributed by atoms with Gasteiger partial charge in [0.25, 0.3) is 0 Å². The standard InChI is InChI=1S/C26H28N4O6S/c1-5-15(13-31)22(32)24(33)29-23-21(25-28-19-8-6-7-9-20(19)37-25)14(2)27-26(30-23)36-18-11-16(34-3)10-17(12-18)35-4/h6-13,15,22,24,32-33H,5H2,1-4H3,(H,27,29,30). The summed E-state index contributed by atoms with van der Waals surface area (Å²) in [5.41, 5.74) is 1.89. The van der Waals surface area contributed by atoms with Crippen LogP contribution < -0.4 is 19.5 Å². The molecule has 0 radical (unpaired) electrons. The highest BCUT2D eigenvalue weighted by Crippen LogP contribution is 2.38. The van der Waals surface area contributed by atoms with Crippen LogP contribution in [0.4, 0.5) is 5.82 Å². The predicted octanol–water partition coefficient (Wildman–Crippen LogP) is 4.19. The zero-order valence-corrected chi connectivity index (χ0v) is 21.7. The molecule has 2 aromatic carbocycles. The lowest BCUT2D eigenvalue weighted by Gasteiger charge is -2.24. The van der Waals surface area contributed by atoms with Crippen molar-refractivity contribution in [3.05, 3.63) is 48.2 Å². The van der Waals surface area contributed by atoms with Crippen LogP contribution in [0.2, 0.25) is 0 Å². The Morgan fingerprint density at radius 3 is 2.32 bits per heavy atom. The maximum Gasteiger partial charge on any atom is 0.324 e. The smallest absolute Gasteiger partial charge is 0.324 e. The number of aryl methyl sites for hydroxylation is 1. The van der Waals surface area contributed by atoms with Crippen molar-refractivity contribution in [2.45, 2.75) is 32.6 Å². The molecule has 4 rings (SSSR count). The Balaban J connectivity index is 1.77. The van der Waals surface area contributed by atoms with Gasteiger partial charge in [0.1, 0.15) is 40.5 Å². The molecule has 0 aliphatic rings. The molecule has 0 saturated heterocycles. The van der Waals surface area contributed by atoms with Gasteiger partial charge in [0.15, 0.2) is 6.23 Å². The van der Waals surface area contributed by atoms with E-state index in [9.17, 15) is 15.0 Å². The highest BCUT2D eigenvalue weighted by atomic mass is 32.1. The van der Waals surface area contributed by atoms with Gasteiger partial charge in [-0.3, -0.25) is 0 Å². The average molecular weight is 525 g/mol. The minimum absolute atomic E-state index is 0.00992. The number of aldehydes is 1. The van der Waals surface area contributed by atoms with Gasteiger partial charge in [-0.05, 0) is 25.5 Å². The van der Waals surface area contributed by atoms with Gasteiger partial charge in [0.05, 0.1) is 35.7 Å². The molecule has 10 nitrogen and oxygen atoms in total. The lowest BCUT2D eigenvalue weighted by atomic mass is 10.00. The normalized spacial score (nSPS) is 13.6. The van der Waals surface area contributed by atoms with E-state index in [2.05, 4.69) is 15.3 Å². The second kappa shape index (κ2) is 11.5. The van der Waals surface area contributed by atoms with Gasteiger partial charge in [-0.15, -0.1) is 11.3 Å². The monoisotopic (exact) mass is 524 g/mol. The van der Waals surface area contributed by atoms with E-state index in [4.69, 9.17) is 19.2 Å². The van der Waals surface area contributed by atoms with Crippen molar-refractivity contribution in [3.63, 3.8) is 0 Å². The molecule has 2 heterocycles. The number of aliphatic hydroxyl groups excluding tert-OH is 2.